The van der Waals surface area contributed by atoms with Crippen molar-refractivity contribution in [1.82, 2.24) is 0 Å². The predicted molar refractivity (Wildman–Crippen MR) is 381 cm³/mol. The van der Waals surface area contributed by atoms with Gasteiger partial charge in [0.15, 0.2) is 12.2 Å². The maximum atomic E-state index is 13.1. The van der Waals surface area contributed by atoms with Crippen molar-refractivity contribution in [3.8, 4) is 0 Å². The van der Waals surface area contributed by atoms with E-state index < -0.39 is 97.5 Å². The average Bonchev–Trinajstić information content (AvgIpc) is 3.05. The zero-order valence-electron chi connectivity index (χ0n) is 60.7. The lowest BCUT2D eigenvalue weighted by atomic mass is 10.0. The maximum Gasteiger partial charge on any atom is 0.472 e. The number of rotatable bonds is 72. The molecule has 17 nitrogen and oxygen atoms in total. The van der Waals surface area contributed by atoms with Crippen LogP contribution in [0.25, 0.3) is 0 Å². The Hall–Kier alpha value is -2.46. The van der Waals surface area contributed by atoms with Gasteiger partial charge < -0.3 is 33.8 Å². The van der Waals surface area contributed by atoms with Gasteiger partial charge in [0.25, 0.3) is 0 Å². The van der Waals surface area contributed by atoms with Gasteiger partial charge in [0.1, 0.15) is 19.3 Å². The molecule has 0 saturated heterocycles. The van der Waals surface area contributed by atoms with Crippen molar-refractivity contribution in [1.29, 1.82) is 0 Å². The Morgan fingerprint density at radius 3 is 0.872 bits per heavy atom. The third kappa shape index (κ3) is 68.1. The van der Waals surface area contributed by atoms with E-state index in [-0.39, 0.29) is 25.7 Å². The number of esters is 4. The van der Waals surface area contributed by atoms with Crippen LogP contribution >= 0.6 is 15.6 Å². The first-order chi connectivity index (χ1) is 45.4. The molecule has 0 aromatic rings. The zero-order valence-corrected chi connectivity index (χ0v) is 62.5. The molecule has 0 aliphatic rings. The van der Waals surface area contributed by atoms with Crippen LogP contribution in [-0.2, 0) is 65.4 Å². The fourth-order valence-corrected chi connectivity index (χ4v) is 12.5. The first-order valence-electron chi connectivity index (χ1n) is 38.3. The summed E-state index contributed by atoms with van der Waals surface area (Å²) in [5, 5.41) is 10.6. The molecule has 0 aromatic heterocycles. The van der Waals surface area contributed by atoms with E-state index in [1.807, 2.05) is 0 Å². The minimum Gasteiger partial charge on any atom is -0.462 e. The van der Waals surface area contributed by atoms with Crippen molar-refractivity contribution in [3.05, 3.63) is 24.3 Å². The number of allylic oxidation sites excluding steroid dienone is 4. The van der Waals surface area contributed by atoms with E-state index in [0.717, 1.165) is 115 Å². The highest BCUT2D eigenvalue weighted by atomic mass is 31.2. The summed E-state index contributed by atoms with van der Waals surface area (Å²) in [5.74, 6) is -0.653. The molecular weight excluding hydrogens is 1230 g/mol. The smallest absolute Gasteiger partial charge is 0.462 e. The predicted octanol–water partition coefficient (Wildman–Crippen LogP) is 21.5. The fraction of sp³-hybridized carbons (Fsp3) is 0.893. The molecule has 94 heavy (non-hydrogen) atoms. The second-order valence-corrected chi connectivity index (χ2v) is 30.2. The SMILES string of the molecule is CCCCCC/C=C\C=C/CCCCCCCC(=O)O[C@H](COC(=O)CCCCCCCCCCCCCC(C)C)COP(=O)(O)OC[C@@H](O)COP(=O)(O)OC[C@@H](COC(=O)CCCCCCCCCCC(C)C)OC(=O)CCCCCCCCCCCCCCCC. The van der Waals surface area contributed by atoms with Gasteiger partial charge in [-0.05, 0) is 63.2 Å². The topological polar surface area (TPSA) is 237 Å². The molecule has 0 aromatic carbocycles. The standard InChI is InChI=1S/C75H142O17P2/c1-7-9-11-13-15-17-19-21-23-25-29-34-42-48-54-60-75(80)91-70(63-85-72(77)57-51-45-39-32-30-26-27-31-37-43-49-55-67(3)4)65-89-93(81,82)87-61-69(76)62-88-94(83,84)90-66-71(64-86-73(78)58-52-46-40-36-35-38-44-50-56-68(5)6)92-74(79)59-53-47-41-33-28-24-22-20-18-16-14-12-10-8-2/h17,19,21,23,67-71,76H,7-16,18,20,22,24-66H2,1-6H3,(H,81,82)(H,83,84)/b19-17-,23-21-/t69-,70-,71-/m1/s1. The Labute approximate surface area is 573 Å². The molecule has 0 aliphatic heterocycles. The van der Waals surface area contributed by atoms with Crippen LogP contribution in [0.3, 0.4) is 0 Å². The fourth-order valence-electron chi connectivity index (χ4n) is 10.9. The van der Waals surface area contributed by atoms with Crippen LogP contribution in [0.5, 0.6) is 0 Å². The van der Waals surface area contributed by atoms with E-state index in [2.05, 4.69) is 65.8 Å². The van der Waals surface area contributed by atoms with E-state index in [0.29, 0.717) is 25.7 Å². The van der Waals surface area contributed by atoms with E-state index in [1.165, 1.54) is 167 Å². The van der Waals surface area contributed by atoms with E-state index in [4.69, 9.17) is 37.0 Å². The van der Waals surface area contributed by atoms with Crippen molar-refractivity contribution in [2.24, 2.45) is 11.8 Å². The van der Waals surface area contributed by atoms with Crippen LogP contribution in [-0.4, -0.2) is 96.7 Å². The highest BCUT2D eigenvalue weighted by molar-refractivity contribution is 7.47. The summed E-state index contributed by atoms with van der Waals surface area (Å²) in [6.45, 7) is 9.49. The summed E-state index contributed by atoms with van der Waals surface area (Å²) < 4.78 is 68.5. The lowest BCUT2D eigenvalue weighted by molar-refractivity contribution is -0.161. The second kappa shape index (κ2) is 66.4. The van der Waals surface area contributed by atoms with E-state index in [9.17, 15) is 43.2 Å². The van der Waals surface area contributed by atoms with Crippen LogP contribution in [0.2, 0.25) is 0 Å². The van der Waals surface area contributed by atoms with E-state index >= 15 is 0 Å². The van der Waals surface area contributed by atoms with Gasteiger partial charge in [-0.1, -0.05) is 310 Å². The number of aliphatic hydroxyl groups excluding tert-OH is 1. The molecule has 0 rings (SSSR count). The lowest BCUT2D eigenvalue weighted by Crippen LogP contribution is -2.30. The first-order valence-corrected chi connectivity index (χ1v) is 41.3. The highest BCUT2D eigenvalue weighted by Crippen LogP contribution is 2.45. The summed E-state index contributed by atoms with van der Waals surface area (Å²) in [5.41, 5.74) is 0. The van der Waals surface area contributed by atoms with Gasteiger partial charge in [0, 0.05) is 25.7 Å². The van der Waals surface area contributed by atoms with Crippen molar-refractivity contribution in [2.45, 2.75) is 381 Å². The minimum absolute atomic E-state index is 0.0849. The van der Waals surface area contributed by atoms with Gasteiger partial charge in [-0.3, -0.25) is 37.3 Å². The van der Waals surface area contributed by atoms with Crippen molar-refractivity contribution < 1.29 is 80.2 Å². The summed E-state index contributed by atoms with van der Waals surface area (Å²) in [7, 11) is -9.92. The molecule has 0 radical (unpaired) electrons. The normalized spacial score (nSPS) is 14.2. The third-order valence-electron chi connectivity index (χ3n) is 16.8. The molecule has 554 valence electrons. The van der Waals surface area contributed by atoms with Gasteiger partial charge in [0.05, 0.1) is 26.4 Å². The molecule has 19 heteroatoms. The molecule has 0 amide bonds. The van der Waals surface area contributed by atoms with E-state index in [1.54, 1.807) is 0 Å². The van der Waals surface area contributed by atoms with Crippen molar-refractivity contribution in [3.63, 3.8) is 0 Å². The number of phosphoric acid groups is 2. The van der Waals surface area contributed by atoms with Crippen LogP contribution in [0.1, 0.15) is 363 Å². The molecule has 0 bridgehead atoms. The number of aliphatic hydroxyl groups is 1. The molecular formula is C75H142O17P2. The summed E-state index contributed by atoms with van der Waals surface area (Å²) >= 11 is 0. The van der Waals surface area contributed by atoms with Gasteiger partial charge in [-0.15, -0.1) is 0 Å². The number of hydrogen-bond donors (Lipinski definition) is 3. The number of carbonyl (C=O) groups is 4. The first kappa shape index (κ1) is 91.5. The average molecular weight is 1380 g/mol. The van der Waals surface area contributed by atoms with Crippen molar-refractivity contribution in [2.75, 3.05) is 39.6 Å². The Morgan fingerprint density at radius 1 is 0.330 bits per heavy atom. The number of carbonyl (C=O) groups excluding carboxylic acids is 4. The zero-order chi connectivity index (χ0) is 69.3. The number of ether oxygens (including phenoxy) is 4. The Morgan fingerprint density at radius 2 is 0.574 bits per heavy atom. The van der Waals surface area contributed by atoms with Crippen molar-refractivity contribution >= 4 is 39.5 Å². The van der Waals surface area contributed by atoms with Gasteiger partial charge in [-0.2, -0.15) is 0 Å². The van der Waals surface area contributed by atoms with Crippen LogP contribution in [0.15, 0.2) is 24.3 Å². The largest absolute Gasteiger partial charge is 0.472 e. The molecule has 5 atom stereocenters. The molecule has 0 aliphatic carbocycles. The third-order valence-corrected chi connectivity index (χ3v) is 18.7. The molecule has 0 saturated carbocycles. The quantitative estimate of drug-likeness (QED) is 0.0169. The molecule has 3 N–H and O–H groups in total. The molecule has 0 fully saturated rings. The Kier molecular flexibility index (Phi) is 64.7. The van der Waals surface area contributed by atoms with Gasteiger partial charge in [-0.25, -0.2) is 9.13 Å². The molecule has 2 unspecified atom stereocenters. The number of unbranched alkanes of at least 4 members (excludes halogenated alkanes) is 39. The number of phosphoric ester groups is 2. The van der Waals surface area contributed by atoms with Crippen LogP contribution in [0.4, 0.5) is 0 Å². The van der Waals surface area contributed by atoms with Crippen LogP contribution in [0, 0.1) is 11.8 Å². The summed E-state index contributed by atoms with van der Waals surface area (Å²) in [6, 6.07) is 0. The Balaban J connectivity index is 5.30. The second-order valence-electron chi connectivity index (χ2n) is 27.3. The molecule has 0 heterocycles. The highest BCUT2D eigenvalue weighted by Gasteiger charge is 2.30. The summed E-state index contributed by atoms with van der Waals surface area (Å²) in [6.07, 6.45) is 56.2. The van der Waals surface area contributed by atoms with Crippen LogP contribution < -0.4 is 0 Å². The maximum absolute atomic E-state index is 13.1. The number of hydrogen-bond acceptors (Lipinski definition) is 15. The summed E-state index contributed by atoms with van der Waals surface area (Å²) in [4.78, 5) is 72.8. The molecule has 0 spiro atoms. The Bertz CT molecular complexity index is 1910. The van der Waals surface area contributed by atoms with Gasteiger partial charge >= 0.3 is 39.5 Å². The minimum atomic E-state index is -4.96. The monoisotopic (exact) mass is 1380 g/mol. The lowest BCUT2D eigenvalue weighted by Gasteiger charge is -2.21. The van der Waals surface area contributed by atoms with Gasteiger partial charge in [0.2, 0.25) is 0 Å².